The predicted octanol–water partition coefficient (Wildman–Crippen LogP) is 3.82. The second kappa shape index (κ2) is 7.74. The number of benzene rings is 2. The Morgan fingerprint density at radius 1 is 1.07 bits per heavy atom. The summed E-state index contributed by atoms with van der Waals surface area (Å²) in [5.41, 5.74) is 5.30. The lowest BCUT2D eigenvalue weighted by Crippen LogP contribution is -2.17. The molecule has 0 radical (unpaired) electrons. The van der Waals surface area contributed by atoms with Crippen molar-refractivity contribution < 1.29 is 8.42 Å². The van der Waals surface area contributed by atoms with Gasteiger partial charge in [-0.1, -0.05) is 29.8 Å². The van der Waals surface area contributed by atoms with Gasteiger partial charge in [-0.15, -0.1) is 0 Å². The molecule has 0 fully saturated rings. The summed E-state index contributed by atoms with van der Waals surface area (Å²) >= 11 is 6.04. The Kier molecular flexibility index (Phi) is 5.26. The molecule has 3 aromatic rings. The van der Waals surface area contributed by atoms with Gasteiger partial charge in [0.1, 0.15) is 0 Å². The molecule has 1 N–H and O–H groups in total. The summed E-state index contributed by atoms with van der Waals surface area (Å²) in [6, 6.07) is 14.4. The molecule has 1 aliphatic heterocycles. The number of sulfonamides is 1. The Labute approximate surface area is 179 Å². The maximum Gasteiger partial charge on any atom is 0.250 e. The maximum atomic E-state index is 12.2. The standard InChI is InChI=1S/C22H20ClN3O3S/c1-3-30(28,29)25-17-8-9-18-19(11-17)20-13-26(2)21(27)10-15(20)12-24-22(18)14-4-6-16(23)7-5-14/h4-11,13,25H,3,12H2,1-2H3. The largest absolute Gasteiger partial charge is 0.318 e. The SMILES string of the molecule is CCS(=O)(=O)Nc1ccc2c(c1)-c1cn(C)c(=O)cc1CN=C2c1ccc(Cl)cc1. The molecule has 1 aromatic heterocycles. The first-order valence-electron chi connectivity index (χ1n) is 9.42. The van der Waals surface area contributed by atoms with Crippen LogP contribution in [0.5, 0.6) is 0 Å². The average molecular weight is 442 g/mol. The molecule has 2 heterocycles. The van der Waals surface area contributed by atoms with Crippen molar-refractivity contribution in [1.82, 2.24) is 4.57 Å². The topological polar surface area (TPSA) is 80.5 Å². The van der Waals surface area contributed by atoms with Gasteiger partial charge in [0.2, 0.25) is 10.0 Å². The van der Waals surface area contributed by atoms with Gasteiger partial charge >= 0.3 is 0 Å². The lowest BCUT2D eigenvalue weighted by Gasteiger charge is -2.15. The summed E-state index contributed by atoms with van der Waals surface area (Å²) in [5.74, 6) is -0.0212. The second-order valence-electron chi connectivity index (χ2n) is 7.10. The van der Waals surface area contributed by atoms with Crippen LogP contribution in [0.4, 0.5) is 5.69 Å². The Hall–Kier alpha value is -2.90. The first-order valence-corrected chi connectivity index (χ1v) is 11.5. The molecule has 4 rings (SSSR count). The summed E-state index contributed by atoms with van der Waals surface area (Å²) in [6.07, 6.45) is 1.77. The molecule has 0 amide bonds. The minimum atomic E-state index is -3.42. The number of aryl methyl sites for hydroxylation is 1. The Bertz CT molecular complexity index is 1330. The third-order valence-corrected chi connectivity index (χ3v) is 6.62. The zero-order valence-corrected chi connectivity index (χ0v) is 18.1. The van der Waals surface area contributed by atoms with E-state index in [1.165, 1.54) is 4.57 Å². The van der Waals surface area contributed by atoms with Crippen molar-refractivity contribution in [2.45, 2.75) is 13.5 Å². The molecule has 0 spiro atoms. The van der Waals surface area contributed by atoms with Crippen molar-refractivity contribution in [2.75, 3.05) is 10.5 Å². The van der Waals surface area contributed by atoms with Crippen LogP contribution in [0.25, 0.3) is 11.1 Å². The van der Waals surface area contributed by atoms with Gasteiger partial charge in [-0.2, -0.15) is 0 Å². The number of pyridine rings is 1. The fraction of sp³-hybridized carbons (Fsp3) is 0.182. The summed E-state index contributed by atoms with van der Waals surface area (Å²) in [4.78, 5) is 17.0. The first-order chi connectivity index (χ1) is 14.3. The zero-order chi connectivity index (χ0) is 21.5. The Morgan fingerprint density at radius 2 is 1.80 bits per heavy atom. The van der Waals surface area contributed by atoms with Gasteiger partial charge in [-0.25, -0.2) is 8.42 Å². The highest BCUT2D eigenvalue weighted by atomic mass is 35.5. The number of aromatic nitrogens is 1. The van der Waals surface area contributed by atoms with Crippen LogP contribution in [0.15, 0.2) is 64.5 Å². The summed E-state index contributed by atoms with van der Waals surface area (Å²) in [6.45, 7) is 1.93. The van der Waals surface area contributed by atoms with E-state index in [9.17, 15) is 13.2 Å². The summed E-state index contributed by atoms with van der Waals surface area (Å²) in [5, 5.41) is 0.629. The molecule has 0 saturated heterocycles. The van der Waals surface area contributed by atoms with E-state index in [2.05, 4.69) is 4.72 Å². The molecule has 2 aromatic carbocycles. The number of rotatable bonds is 4. The fourth-order valence-electron chi connectivity index (χ4n) is 3.43. The smallest absolute Gasteiger partial charge is 0.250 e. The Balaban J connectivity index is 1.95. The van der Waals surface area contributed by atoms with E-state index in [-0.39, 0.29) is 11.3 Å². The molecule has 30 heavy (non-hydrogen) atoms. The van der Waals surface area contributed by atoms with Gasteiger partial charge in [0.15, 0.2) is 0 Å². The first kappa shape index (κ1) is 20.4. The summed E-state index contributed by atoms with van der Waals surface area (Å²) in [7, 11) is -1.73. The molecular weight excluding hydrogens is 422 g/mol. The highest BCUT2D eigenvalue weighted by Gasteiger charge is 2.21. The molecule has 154 valence electrons. The normalized spacial score (nSPS) is 13.1. The van der Waals surface area contributed by atoms with E-state index in [0.717, 1.165) is 33.5 Å². The molecule has 0 unspecified atom stereocenters. The fourth-order valence-corrected chi connectivity index (χ4v) is 4.19. The minimum Gasteiger partial charge on any atom is -0.318 e. The molecule has 6 nitrogen and oxygen atoms in total. The van der Waals surface area contributed by atoms with Crippen LogP contribution in [-0.2, 0) is 23.6 Å². The Morgan fingerprint density at radius 3 is 2.50 bits per heavy atom. The maximum absolute atomic E-state index is 12.2. The quantitative estimate of drug-likeness (QED) is 0.668. The zero-order valence-electron chi connectivity index (χ0n) is 16.5. The van der Waals surface area contributed by atoms with E-state index in [1.807, 2.05) is 18.2 Å². The molecule has 1 aliphatic rings. The number of aliphatic imine (C=N–C) groups is 1. The predicted molar refractivity (Wildman–Crippen MR) is 121 cm³/mol. The molecule has 8 heteroatoms. The van der Waals surface area contributed by atoms with Gasteiger partial charge in [0.05, 0.1) is 18.0 Å². The van der Waals surface area contributed by atoms with Crippen molar-refractivity contribution in [3.63, 3.8) is 0 Å². The number of anilines is 1. The van der Waals surface area contributed by atoms with Crippen LogP contribution < -0.4 is 10.3 Å². The van der Waals surface area contributed by atoms with Crippen LogP contribution in [0, 0.1) is 0 Å². The molecule has 0 atom stereocenters. The average Bonchev–Trinajstić information content (AvgIpc) is 2.86. The van der Waals surface area contributed by atoms with Gasteiger partial charge in [0.25, 0.3) is 5.56 Å². The van der Waals surface area contributed by atoms with Crippen LogP contribution in [-0.4, -0.2) is 24.4 Å². The molecule has 0 saturated carbocycles. The van der Waals surface area contributed by atoms with E-state index >= 15 is 0 Å². The lowest BCUT2D eigenvalue weighted by atomic mass is 9.93. The third-order valence-electron chi connectivity index (χ3n) is 5.06. The van der Waals surface area contributed by atoms with Crippen molar-refractivity contribution >= 4 is 33.0 Å². The number of halogens is 1. The van der Waals surface area contributed by atoms with Gasteiger partial charge in [-0.05, 0) is 42.3 Å². The van der Waals surface area contributed by atoms with Crippen LogP contribution in [0.3, 0.4) is 0 Å². The van der Waals surface area contributed by atoms with Crippen molar-refractivity contribution in [2.24, 2.45) is 12.0 Å². The highest BCUT2D eigenvalue weighted by Crippen LogP contribution is 2.34. The van der Waals surface area contributed by atoms with E-state index < -0.39 is 10.0 Å². The van der Waals surface area contributed by atoms with Crippen molar-refractivity contribution in [3.8, 4) is 11.1 Å². The molecule has 0 bridgehead atoms. The number of nitrogens with zero attached hydrogens (tertiary/aromatic N) is 2. The second-order valence-corrected chi connectivity index (χ2v) is 9.55. The number of nitrogens with one attached hydrogen (secondary N) is 1. The lowest BCUT2D eigenvalue weighted by molar-refractivity contribution is 0.602. The van der Waals surface area contributed by atoms with Crippen LogP contribution >= 0.6 is 11.6 Å². The number of hydrogen-bond donors (Lipinski definition) is 1. The molecule has 0 aliphatic carbocycles. The van der Waals surface area contributed by atoms with Crippen LogP contribution in [0.1, 0.15) is 23.6 Å². The minimum absolute atomic E-state index is 0.0212. The van der Waals surface area contributed by atoms with E-state index in [0.29, 0.717) is 17.3 Å². The van der Waals surface area contributed by atoms with Gasteiger partial charge in [0, 0.05) is 46.7 Å². The number of fused-ring (bicyclic) bond motifs is 3. The van der Waals surface area contributed by atoms with Crippen molar-refractivity contribution in [3.05, 3.63) is 86.8 Å². The van der Waals surface area contributed by atoms with E-state index in [4.69, 9.17) is 16.6 Å². The summed E-state index contributed by atoms with van der Waals surface area (Å²) < 4.78 is 28.3. The van der Waals surface area contributed by atoms with Crippen molar-refractivity contribution in [1.29, 1.82) is 0 Å². The third kappa shape index (κ3) is 3.91. The van der Waals surface area contributed by atoms with Crippen LogP contribution in [0.2, 0.25) is 5.02 Å². The molecular formula is C22H20ClN3O3S. The monoisotopic (exact) mass is 441 g/mol. The van der Waals surface area contributed by atoms with Gasteiger partial charge in [-0.3, -0.25) is 14.5 Å². The van der Waals surface area contributed by atoms with E-state index in [1.54, 1.807) is 50.5 Å². The van der Waals surface area contributed by atoms with Gasteiger partial charge < -0.3 is 4.57 Å². The highest BCUT2D eigenvalue weighted by molar-refractivity contribution is 7.92. The number of hydrogen-bond acceptors (Lipinski definition) is 4.